The Balaban J connectivity index is 3.76. The molecule has 114 valence electrons. The minimum absolute atomic E-state index is 2.85. The third-order valence-corrected chi connectivity index (χ3v) is 2.19. The maximum absolute atomic E-state index is 13.0. The number of hydrogen-bond acceptors (Lipinski definition) is 0. The van der Waals surface area contributed by atoms with Crippen LogP contribution in [-0.2, 0) is 0 Å². The van der Waals surface area contributed by atoms with E-state index in [1.807, 2.05) is 0 Å². The van der Waals surface area contributed by atoms with Crippen LogP contribution in [0.3, 0.4) is 0 Å². The van der Waals surface area contributed by atoms with Gasteiger partial charge >= 0.3 is 12.4 Å². The summed E-state index contributed by atoms with van der Waals surface area (Å²) in [5.41, 5.74) is -2.98. The molecule has 0 aliphatic heterocycles. The molecule has 0 aliphatic carbocycles. The molecule has 20 heavy (non-hydrogen) atoms. The lowest BCUT2D eigenvalue weighted by molar-refractivity contribution is -0.255. The molecule has 1 aromatic carbocycles. The highest BCUT2D eigenvalue weighted by atomic mass is 19.4. The topological polar surface area (TPSA) is 0 Å². The first-order chi connectivity index (χ1) is 8.80. The second-order valence-electron chi connectivity index (χ2n) is 3.50. The Morgan fingerprint density at radius 2 is 0.750 bits per heavy atom. The van der Waals surface area contributed by atoms with Gasteiger partial charge in [-0.05, 0) is 0 Å². The fourth-order valence-electron chi connectivity index (χ4n) is 1.39. The normalized spacial score (nSPS) is 13.2. The molecule has 1 rings (SSSR count). The molecule has 0 aromatic heterocycles. The van der Waals surface area contributed by atoms with Crippen molar-refractivity contribution in [1.82, 2.24) is 0 Å². The molecule has 0 saturated heterocycles. The van der Waals surface area contributed by atoms with E-state index in [9.17, 15) is 48.3 Å². The Morgan fingerprint density at radius 3 is 1.00 bits per heavy atom. The highest BCUT2D eigenvalue weighted by molar-refractivity contribution is 5.29. The van der Waals surface area contributed by atoms with Gasteiger partial charge in [0.15, 0.2) is 29.2 Å². The SMILES string of the molecule is Fc1c(F)c(F)c(C(C(F)(F)F)C(F)(F)F)c(F)c1F. The number of rotatable bonds is 1. The zero-order valence-electron chi connectivity index (χ0n) is 8.73. The van der Waals surface area contributed by atoms with E-state index in [-0.39, 0.29) is 0 Å². The molecular formula is C9HF11. The summed E-state index contributed by atoms with van der Waals surface area (Å²) in [5, 5.41) is 0. The molecule has 1 aromatic rings. The van der Waals surface area contributed by atoms with Crippen LogP contribution < -0.4 is 0 Å². The second-order valence-corrected chi connectivity index (χ2v) is 3.50. The van der Waals surface area contributed by atoms with Crippen molar-refractivity contribution in [2.24, 2.45) is 0 Å². The van der Waals surface area contributed by atoms with Gasteiger partial charge in [0.05, 0.1) is 5.56 Å². The zero-order valence-corrected chi connectivity index (χ0v) is 8.73. The third-order valence-electron chi connectivity index (χ3n) is 2.19. The molecule has 0 fully saturated rings. The molecule has 11 heteroatoms. The van der Waals surface area contributed by atoms with E-state index in [2.05, 4.69) is 0 Å². The lowest BCUT2D eigenvalue weighted by atomic mass is 9.96. The van der Waals surface area contributed by atoms with Crippen molar-refractivity contribution in [3.8, 4) is 0 Å². The summed E-state index contributed by atoms with van der Waals surface area (Å²) in [6.07, 6.45) is -12.6. The van der Waals surface area contributed by atoms with Gasteiger partial charge in [-0.25, -0.2) is 22.0 Å². The van der Waals surface area contributed by atoms with Crippen molar-refractivity contribution in [3.05, 3.63) is 34.6 Å². The lowest BCUT2D eigenvalue weighted by Crippen LogP contribution is -2.36. The summed E-state index contributed by atoms with van der Waals surface area (Å²) in [6.45, 7) is 0. The number of hydrogen-bond donors (Lipinski definition) is 0. The first-order valence-corrected chi connectivity index (χ1v) is 4.44. The molecule has 0 radical (unpaired) electrons. The molecule has 0 N–H and O–H groups in total. The van der Waals surface area contributed by atoms with Crippen LogP contribution in [0.2, 0.25) is 0 Å². The fourth-order valence-corrected chi connectivity index (χ4v) is 1.39. The largest absolute Gasteiger partial charge is 0.404 e. The second kappa shape index (κ2) is 4.77. The van der Waals surface area contributed by atoms with Gasteiger partial charge in [0.1, 0.15) is 0 Å². The van der Waals surface area contributed by atoms with Gasteiger partial charge in [0, 0.05) is 0 Å². The van der Waals surface area contributed by atoms with Crippen molar-refractivity contribution in [3.63, 3.8) is 0 Å². The van der Waals surface area contributed by atoms with Crippen molar-refractivity contribution < 1.29 is 48.3 Å². The summed E-state index contributed by atoms with van der Waals surface area (Å²) in [4.78, 5) is 0. The molecule has 0 amide bonds. The van der Waals surface area contributed by atoms with Crippen LogP contribution in [0, 0.1) is 29.1 Å². The van der Waals surface area contributed by atoms with E-state index in [1.165, 1.54) is 0 Å². The molecular weight excluding hydrogens is 317 g/mol. The van der Waals surface area contributed by atoms with E-state index >= 15 is 0 Å². The van der Waals surface area contributed by atoms with Crippen molar-refractivity contribution in [1.29, 1.82) is 0 Å². The van der Waals surface area contributed by atoms with Gasteiger partial charge < -0.3 is 0 Å². The van der Waals surface area contributed by atoms with E-state index in [0.29, 0.717) is 0 Å². The first-order valence-electron chi connectivity index (χ1n) is 4.44. The van der Waals surface area contributed by atoms with Gasteiger partial charge in [0.2, 0.25) is 5.82 Å². The maximum atomic E-state index is 13.0. The highest BCUT2D eigenvalue weighted by Crippen LogP contribution is 2.48. The molecule has 0 bridgehead atoms. The number of halogens is 11. The summed E-state index contributed by atoms with van der Waals surface area (Å²) in [5.74, 6) is -19.8. The Bertz CT molecular complexity index is 481. The van der Waals surface area contributed by atoms with Gasteiger partial charge in [-0.15, -0.1) is 0 Å². The fraction of sp³-hybridized carbons (Fsp3) is 0.333. The van der Waals surface area contributed by atoms with Gasteiger partial charge in [-0.1, -0.05) is 0 Å². The van der Waals surface area contributed by atoms with Gasteiger partial charge in [-0.3, -0.25) is 0 Å². The van der Waals surface area contributed by atoms with Gasteiger partial charge in [-0.2, -0.15) is 26.3 Å². The number of alkyl halides is 6. The molecule has 0 heterocycles. The van der Waals surface area contributed by atoms with E-state index < -0.39 is 52.9 Å². The Morgan fingerprint density at radius 1 is 0.500 bits per heavy atom. The van der Waals surface area contributed by atoms with E-state index in [0.717, 1.165) is 0 Å². The van der Waals surface area contributed by atoms with Crippen LogP contribution in [0.1, 0.15) is 11.5 Å². The van der Waals surface area contributed by atoms with Gasteiger partial charge in [0.25, 0.3) is 0 Å². The summed E-state index contributed by atoms with van der Waals surface area (Å²) < 4.78 is 137. The average Bonchev–Trinajstić information content (AvgIpc) is 2.26. The molecule has 0 aliphatic rings. The standard InChI is InChI=1S/C9HF11/c10-2-1(3(11)5(13)6(14)4(2)12)7(8(15,16)17)9(18,19)20/h7H. The average molecular weight is 318 g/mol. The minimum Gasteiger partial charge on any atom is -0.203 e. The molecule has 0 nitrogen and oxygen atoms in total. The quantitative estimate of drug-likeness (QED) is 0.404. The lowest BCUT2D eigenvalue weighted by Gasteiger charge is -2.24. The van der Waals surface area contributed by atoms with Crippen LogP contribution >= 0.6 is 0 Å². The molecule has 0 unspecified atom stereocenters. The predicted octanol–water partition coefficient (Wildman–Crippen LogP) is 4.59. The van der Waals surface area contributed by atoms with Crippen LogP contribution in [0.5, 0.6) is 0 Å². The van der Waals surface area contributed by atoms with Crippen LogP contribution in [0.15, 0.2) is 0 Å². The summed E-state index contributed by atoms with van der Waals surface area (Å²) in [7, 11) is 0. The Labute approximate surface area is 102 Å². The first kappa shape index (κ1) is 16.5. The number of benzene rings is 1. The third kappa shape index (κ3) is 2.66. The monoisotopic (exact) mass is 318 g/mol. The van der Waals surface area contributed by atoms with Crippen molar-refractivity contribution in [2.45, 2.75) is 18.3 Å². The summed E-state index contributed by atoms with van der Waals surface area (Å²) >= 11 is 0. The van der Waals surface area contributed by atoms with Crippen LogP contribution in [0.25, 0.3) is 0 Å². The molecule has 0 atom stereocenters. The maximum Gasteiger partial charge on any atom is 0.404 e. The van der Waals surface area contributed by atoms with Crippen molar-refractivity contribution in [2.75, 3.05) is 0 Å². The van der Waals surface area contributed by atoms with Crippen LogP contribution in [-0.4, -0.2) is 12.4 Å². The van der Waals surface area contributed by atoms with E-state index in [1.54, 1.807) is 0 Å². The van der Waals surface area contributed by atoms with Crippen molar-refractivity contribution >= 4 is 0 Å². The van der Waals surface area contributed by atoms with E-state index in [4.69, 9.17) is 0 Å². The predicted molar refractivity (Wildman–Crippen MR) is 41.1 cm³/mol. The van der Waals surface area contributed by atoms with Crippen LogP contribution in [0.4, 0.5) is 48.3 Å². The summed E-state index contributed by atoms with van der Waals surface area (Å²) in [6, 6.07) is 0. The smallest absolute Gasteiger partial charge is 0.203 e. The molecule has 0 saturated carbocycles. The minimum atomic E-state index is -6.30. The Hall–Kier alpha value is -1.55. The Kier molecular flexibility index (Phi) is 3.94. The zero-order chi connectivity index (χ0) is 16.0. The highest BCUT2D eigenvalue weighted by Gasteiger charge is 2.60. The molecule has 0 spiro atoms.